The van der Waals surface area contributed by atoms with Crippen LogP contribution in [0, 0.1) is 5.82 Å². The second-order valence-electron chi connectivity index (χ2n) is 9.63. The van der Waals surface area contributed by atoms with E-state index in [0.29, 0.717) is 43.0 Å². The number of amides is 1. The van der Waals surface area contributed by atoms with Gasteiger partial charge in [-0.3, -0.25) is 9.59 Å². The standard InChI is InChI=1S/C28H30FN3O5/c1-36-22-10-2-17(3-11-22)16-30-28(35)25-26(18-4-5-18)32(13-12-23-14-21(33)15-24(34)37-23)27(31-25)19-6-8-20(29)9-7-19/h2-3,6-11,18,21,23,33H,4-5,12-16H2,1H3,(H,30,35)/t21-,23-/m1/s1. The third-order valence-corrected chi connectivity index (χ3v) is 6.81. The van der Waals surface area contributed by atoms with E-state index in [-0.39, 0.29) is 24.1 Å². The number of esters is 1. The zero-order valence-corrected chi connectivity index (χ0v) is 20.7. The van der Waals surface area contributed by atoms with Gasteiger partial charge in [0.2, 0.25) is 0 Å². The molecule has 0 spiro atoms. The predicted molar refractivity (Wildman–Crippen MR) is 133 cm³/mol. The zero-order valence-electron chi connectivity index (χ0n) is 20.7. The number of methoxy groups -OCH3 is 1. The van der Waals surface area contributed by atoms with Crippen LogP contribution in [-0.2, 0) is 22.6 Å². The Hall–Kier alpha value is -3.72. The number of aromatic nitrogens is 2. The fraction of sp³-hybridized carbons (Fsp3) is 0.393. The highest BCUT2D eigenvalue weighted by molar-refractivity contribution is 5.94. The third kappa shape index (κ3) is 5.83. The molecule has 1 amide bonds. The van der Waals surface area contributed by atoms with Crippen LogP contribution in [0.4, 0.5) is 4.39 Å². The van der Waals surface area contributed by atoms with E-state index in [1.54, 1.807) is 19.2 Å². The number of aliphatic hydroxyl groups is 1. The summed E-state index contributed by atoms with van der Waals surface area (Å²) in [5.74, 6) is 0.463. The van der Waals surface area contributed by atoms with Gasteiger partial charge in [-0.1, -0.05) is 12.1 Å². The average molecular weight is 508 g/mol. The minimum atomic E-state index is -0.715. The van der Waals surface area contributed by atoms with Crippen molar-refractivity contribution in [2.75, 3.05) is 7.11 Å². The van der Waals surface area contributed by atoms with Crippen LogP contribution in [0.15, 0.2) is 48.5 Å². The summed E-state index contributed by atoms with van der Waals surface area (Å²) in [5, 5.41) is 13.0. The normalized spacial score (nSPS) is 19.4. The minimum absolute atomic E-state index is 0.00818. The van der Waals surface area contributed by atoms with Gasteiger partial charge in [0.15, 0.2) is 0 Å². The largest absolute Gasteiger partial charge is 0.497 e. The molecule has 0 radical (unpaired) electrons. The topological polar surface area (TPSA) is 103 Å². The summed E-state index contributed by atoms with van der Waals surface area (Å²) in [6, 6.07) is 13.5. The van der Waals surface area contributed by atoms with Gasteiger partial charge in [-0.25, -0.2) is 9.37 Å². The van der Waals surface area contributed by atoms with Crippen molar-refractivity contribution in [2.45, 2.75) is 63.3 Å². The second kappa shape index (κ2) is 10.7. The van der Waals surface area contributed by atoms with Gasteiger partial charge in [0.25, 0.3) is 5.91 Å². The van der Waals surface area contributed by atoms with Gasteiger partial charge in [-0.05, 0) is 54.8 Å². The molecule has 2 atom stereocenters. The summed E-state index contributed by atoms with van der Waals surface area (Å²) in [6.07, 6.45) is 1.62. The molecule has 1 aliphatic heterocycles. The number of nitrogens with zero attached hydrogens (tertiary/aromatic N) is 2. The van der Waals surface area contributed by atoms with Crippen LogP contribution in [0.3, 0.4) is 0 Å². The first kappa shape index (κ1) is 25.0. The van der Waals surface area contributed by atoms with Crippen molar-refractivity contribution in [3.05, 3.63) is 71.3 Å². The average Bonchev–Trinajstić information content (AvgIpc) is 3.66. The number of nitrogens with one attached hydrogen (secondary N) is 1. The molecule has 8 nitrogen and oxygen atoms in total. The number of imidazole rings is 1. The van der Waals surface area contributed by atoms with E-state index < -0.39 is 18.2 Å². The predicted octanol–water partition coefficient (Wildman–Crippen LogP) is 3.96. The first-order chi connectivity index (χ1) is 17.9. The number of halogens is 1. The summed E-state index contributed by atoms with van der Waals surface area (Å²) >= 11 is 0. The Labute approximate surface area is 214 Å². The zero-order chi connectivity index (χ0) is 25.9. The number of hydrogen-bond donors (Lipinski definition) is 2. The van der Waals surface area contributed by atoms with Crippen LogP contribution in [-0.4, -0.2) is 45.9 Å². The minimum Gasteiger partial charge on any atom is -0.497 e. The quantitative estimate of drug-likeness (QED) is 0.425. The van der Waals surface area contributed by atoms with Gasteiger partial charge in [0, 0.05) is 37.4 Å². The maximum Gasteiger partial charge on any atom is 0.308 e. The highest BCUT2D eigenvalue weighted by Gasteiger charge is 2.35. The van der Waals surface area contributed by atoms with Crippen molar-refractivity contribution < 1.29 is 28.6 Å². The van der Waals surface area contributed by atoms with Gasteiger partial charge in [0.1, 0.15) is 29.2 Å². The van der Waals surface area contributed by atoms with Crippen molar-refractivity contribution in [2.24, 2.45) is 0 Å². The van der Waals surface area contributed by atoms with Crippen LogP contribution >= 0.6 is 0 Å². The number of aliphatic hydroxyl groups excluding tert-OH is 1. The molecular formula is C28H30FN3O5. The molecule has 9 heteroatoms. The molecule has 2 N–H and O–H groups in total. The SMILES string of the molecule is COc1ccc(CNC(=O)c2nc(-c3ccc(F)cc3)n(CC[C@@H]3C[C@@H](O)CC(=O)O3)c2C2CC2)cc1. The molecule has 194 valence electrons. The Morgan fingerprint density at radius 1 is 1.19 bits per heavy atom. The van der Waals surface area contributed by atoms with Crippen molar-refractivity contribution in [3.63, 3.8) is 0 Å². The van der Waals surface area contributed by atoms with Gasteiger partial charge in [-0.15, -0.1) is 0 Å². The first-order valence-corrected chi connectivity index (χ1v) is 12.6. The van der Waals surface area contributed by atoms with E-state index >= 15 is 0 Å². The summed E-state index contributed by atoms with van der Waals surface area (Å²) < 4.78 is 26.3. The van der Waals surface area contributed by atoms with Gasteiger partial charge in [-0.2, -0.15) is 0 Å². The van der Waals surface area contributed by atoms with Crippen molar-refractivity contribution in [1.29, 1.82) is 0 Å². The highest BCUT2D eigenvalue weighted by Crippen LogP contribution is 2.43. The lowest BCUT2D eigenvalue weighted by atomic mass is 10.0. The number of benzene rings is 2. The molecule has 1 saturated heterocycles. The molecule has 0 unspecified atom stereocenters. The molecule has 3 aromatic rings. The number of hydrogen-bond acceptors (Lipinski definition) is 6. The van der Waals surface area contributed by atoms with E-state index in [0.717, 1.165) is 29.8 Å². The fourth-order valence-corrected chi connectivity index (χ4v) is 4.77. The van der Waals surface area contributed by atoms with E-state index in [1.807, 2.05) is 28.8 Å². The number of carbonyl (C=O) groups excluding carboxylic acids is 2. The molecule has 2 fully saturated rings. The van der Waals surface area contributed by atoms with Crippen LogP contribution in [0.25, 0.3) is 11.4 Å². The Balaban J connectivity index is 1.43. The van der Waals surface area contributed by atoms with Crippen LogP contribution in [0.5, 0.6) is 5.75 Å². The molecule has 2 heterocycles. The van der Waals surface area contributed by atoms with Crippen molar-refractivity contribution in [1.82, 2.24) is 14.9 Å². The number of ether oxygens (including phenoxy) is 2. The Bertz CT molecular complexity index is 1270. The highest BCUT2D eigenvalue weighted by atomic mass is 19.1. The lowest BCUT2D eigenvalue weighted by Crippen LogP contribution is -2.33. The number of rotatable bonds is 9. The van der Waals surface area contributed by atoms with E-state index in [1.165, 1.54) is 12.1 Å². The van der Waals surface area contributed by atoms with Gasteiger partial charge >= 0.3 is 5.97 Å². The second-order valence-corrected chi connectivity index (χ2v) is 9.63. The molecule has 37 heavy (non-hydrogen) atoms. The van der Waals surface area contributed by atoms with Crippen molar-refractivity contribution >= 4 is 11.9 Å². The molecular weight excluding hydrogens is 477 g/mol. The Morgan fingerprint density at radius 2 is 1.92 bits per heavy atom. The lowest BCUT2D eigenvalue weighted by Gasteiger charge is -2.26. The lowest BCUT2D eigenvalue weighted by molar-refractivity contribution is -0.160. The molecule has 0 bridgehead atoms. The van der Waals surface area contributed by atoms with E-state index in [4.69, 9.17) is 14.5 Å². The third-order valence-electron chi connectivity index (χ3n) is 6.81. The molecule has 1 aliphatic carbocycles. The maximum absolute atomic E-state index is 13.7. The molecule has 2 aromatic carbocycles. The Morgan fingerprint density at radius 3 is 2.57 bits per heavy atom. The molecule has 1 aromatic heterocycles. The molecule has 1 saturated carbocycles. The molecule has 5 rings (SSSR count). The smallest absolute Gasteiger partial charge is 0.308 e. The van der Waals surface area contributed by atoms with Gasteiger partial charge < -0.3 is 24.5 Å². The van der Waals surface area contributed by atoms with Crippen molar-refractivity contribution in [3.8, 4) is 17.1 Å². The monoisotopic (exact) mass is 507 g/mol. The maximum atomic E-state index is 13.7. The number of cyclic esters (lactones) is 1. The molecule has 2 aliphatic rings. The first-order valence-electron chi connectivity index (χ1n) is 12.6. The van der Waals surface area contributed by atoms with E-state index in [2.05, 4.69) is 5.32 Å². The Kier molecular flexibility index (Phi) is 7.23. The fourth-order valence-electron chi connectivity index (χ4n) is 4.77. The van der Waals surface area contributed by atoms with Crippen LogP contribution < -0.4 is 10.1 Å². The summed E-state index contributed by atoms with van der Waals surface area (Å²) in [5.41, 5.74) is 2.82. The summed E-state index contributed by atoms with van der Waals surface area (Å²) in [7, 11) is 1.60. The van der Waals surface area contributed by atoms with E-state index in [9.17, 15) is 19.1 Å². The van der Waals surface area contributed by atoms with Crippen LogP contribution in [0.1, 0.15) is 59.8 Å². The van der Waals surface area contributed by atoms with Crippen LogP contribution in [0.2, 0.25) is 0 Å². The number of carbonyl (C=O) groups is 2. The summed E-state index contributed by atoms with van der Waals surface area (Å²) in [4.78, 5) is 29.9. The van der Waals surface area contributed by atoms with Gasteiger partial charge in [0.05, 0.1) is 25.3 Å². The summed E-state index contributed by atoms with van der Waals surface area (Å²) in [6.45, 7) is 0.781.